The first-order chi connectivity index (χ1) is 10.8. The lowest BCUT2D eigenvalue weighted by atomic mass is 10.2. The van der Waals surface area contributed by atoms with E-state index in [-0.39, 0.29) is 5.91 Å². The number of nitrogens with one attached hydrogen (secondary N) is 2. The normalized spacial score (nSPS) is 10.4. The number of benzene rings is 1. The van der Waals surface area contributed by atoms with Crippen molar-refractivity contribution in [3.63, 3.8) is 0 Å². The van der Waals surface area contributed by atoms with E-state index in [0.29, 0.717) is 18.7 Å². The van der Waals surface area contributed by atoms with Crippen LogP contribution in [0.5, 0.6) is 0 Å². The van der Waals surface area contributed by atoms with E-state index in [9.17, 15) is 4.79 Å². The Balaban J connectivity index is 1.55. The summed E-state index contributed by atoms with van der Waals surface area (Å²) in [6, 6.07) is 9.91. The quantitative estimate of drug-likeness (QED) is 0.752. The van der Waals surface area contributed by atoms with Crippen LogP contribution in [0.15, 0.2) is 55.1 Å². The van der Waals surface area contributed by atoms with Gasteiger partial charge in [-0.05, 0) is 0 Å². The van der Waals surface area contributed by atoms with Crippen LogP contribution in [0, 0.1) is 0 Å². The molecular weight excluding hydrogens is 278 g/mol. The number of imidazole rings is 1. The molecule has 0 aliphatic rings. The largest absolute Gasteiger partial charge is 0.350 e. The molecule has 3 aromatic rings. The molecule has 1 amide bonds. The molecule has 110 valence electrons. The first-order valence-corrected chi connectivity index (χ1v) is 6.96. The van der Waals surface area contributed by atoms with Crippen molar-refractivity contribution in [1.82, 2.24) is 25.3 Å². The van der Waals surface area contributed by atoms with E-state index >= 15 is 0 Å². The van der Waals surface area contributed by atoms with Crippen molar-refractivity contribution in [2.24, 2.45) is 0 Å². The number of rotatable bonds is 5. The summed E-state index contributed by atoms with van der Waals surface area (Å²) in [5, 5.41) is 2.81. The molecule has 2 N–H and O–H groups in total. The zero-order valence-electron chi connectivity index (χ0n) is 11.9. The fourth-order valence-corrected chi connectivity index (χ4v) is 2.05. The Hall–Kier alpha value is -3.02. The van der Waals surface area contributed by atoms with E-state index in [1.165, 1.54) is 18.6 Å². The zero-order valence-corrected chi connectivity index (χ0v) is 11.9. The SMILES string of the molecule is O=C(NCCc1cnc(-c2ccccc2)[nH]1)c1cnccn1. The minimum absolute atomic E-state index is 0.226. The molecule has 0 unspecified atom stereocenters. The maximum atomic E-state index is 11.8. The van der Waals surface area contributed by atoms with E-state index in [4.69, 9.17) is 0 Å². The maximum Gasteiger partial charge on any atom is 0.271 e. The third-order valence-corrected chi connectivity index (χ3v) is 3.15. The topological polar surface area (TPSA) is 83.6 Å². The Bertz CT molecular complexity index is 739. The predicted octanol–water partition coefficient (Wildman–Crippen LogP) is 1.84. The first-order valence-electron chi connectivity index (χ1n) is 6.96. The summed E-state index contributed by atoms with van der Waals surface area (Å²) in [4.78, 5) is 27.2. The van der Waals surface area contributed by atoms with E-state index < -0.39 is 0 Å². The highest BCUT2D eigenvalue weighted by Gasteiger charge is 2.07. The van der Waals surface area contributed by atoms with Crippen LogP contribution in [0.1, 0.15) is 16.2 Å². The van der Waals surface area contributed by atoms with Gasteiger partial charge in [0, 0.05) is 42.8 Å². The number of nitrogens with zero attached hydrogens (tertiary/aromatic N) is 3. The molecule has 22 heavy (non-hydrogen) atoms. The van der Waals surface area contributed by atoms with Crippen molar-refractivity contribution in [2.45, 2.75) is 6.42 Å². The molecular formula is C16H15N5O. The summed E-state index contributed by atoms with van der Waals surface area (Å²) in [5.41, 5.74) is 2.33. The third-order valence-electron chi connectivity index (χ3n) is 3.15. The van der Waals surface area contributed by atoms with Gasteiger partial charge in [0.15, 0.2) is 0 Å². The Morgan fingerprint density at radius 2 is 1.95 bits per heavy atom. The van der Waals surface area contributed by atoms with Gasteiger partial charge in [0.1, 0.15) is 11.5 Å². The van der Waals surface area contributed by atoms with Crippen LogP contribution in [0.3, 0.4) is 0 Å². The monoisotopic (exact) mass is 293 g/mol. The Labute approximate surface area is 127 Å². The average Bonchev–Trinajstić information content (AvgIpc) is 3.05. The van der Waals surface area contributed by atoms with E-state index in [1.54, 1.807) is 6.20 Å². The summed E-state index contributed by atoms with van der Waals surface area (Å²) in [6.07, 6.45) is 6.93. The molecule has 3 rings (SSSR count). The van der Waals surface area contributed by atoms with Gasteiger partial charge in [0.2, 0.25) is 0 Å². The molecule has 6 nitrogen and oxygen atoms in total. The lowest BCUT2D eigenvalue weighted by Gasteiger charge is -2.02. The Morgan fingerprint density at radius 1 is 1.09 bits per heavy atom. The number of aromatic nitrogens is 4. The van der Waals surface area contributed by atoms with Crippen molar-refractivity contribution in [3.05, 3.63) is 66.5 Å². The van der Waals surface area contributed by atoms with Crippen LogP contribution in [-0.2, 0) is 6.42 Å². The second-order valence-electron chi connectivity index (χ2n) is 4.72. The van der Waals surface area contributed by atoms with Gasteiger partial charge >= 0.3 is 0 Å². The van der Waals surface area contributed by atoms with Crippen LogP contribution < -0.4 is 5.32 Å². The van der Waals surface area contributed by atoms with Gasteiger partial charge in [-0.25, -0.2) is 9.97 Å². The second kappa shape index (κ2) is 6.62. The fourth-order valence-electron chi connectivity index (χ4n) is 2.05. The lowest BCUT2D eigenvalue weighted by molar-refractivity contribution is 0.0948. The van der Waals surface area contributed by atoms with Gasteiger partial charge < -0.3 is 10.3 Å². The van der Waals surface area contributed by atoms with Gasteiger partial charge in [-0.15, -0.1) is 0 Å². The molecule has 0 spiro atoms. The van der Waals surface area contributed by atoms with Crippen molar-refractivity contribution < 1.29 is 4.79 Å². The van der Waals surface area contributed by atoms with E-state index in [1.807, 2.05) is 30.3 Å². The minimum Gasteiger partial charge on any atom is -0.350 e. The summed E-state index contributed by atoms with van der Waals surface area (Å²) in [7, 11) is 0. The molecule has 0 radical (unpaired) electrons. The molecule has 2 aromatic heterocycles. The number of H-pyrrole nitrogens is 1. The average molecular weight is 293 g/mol. The van der Waals surface area contributed by atoms with E-state index in [2.05, 4.69) is 25.3 Å². The molecule has 0 aliphatic carbocycles. The zero-order chi connectivity index (χ0) is 15.2. The van der Waals surface area contributed by atoms with Crippen LogP contribution in [0.2, 0.25) is 0 Å². The second-order valence-corrected chi connectivity index (χ2v) is 4.72. The molecule has 2 heterocycles. The van der Waals surface area contributed by atoms with Crippen molar-refractivity contribution >= 4 is 5.91 Å². The molecule has 0 fully saturated rings. The Morgan fingerprint density at radius 3 is 2.73 bits per heavy atom. The van der Waals surface area contributed by atoms with Crippen molar-refractivity contribution in [1.29, 1.82) is 0 Å². The highest BCUT2D eigenvalue weighted by atomic mass is 16.1. The maximum absolute atomic E-state index is 11.8. The summed E-state index contributed by atoms with van der Waals surface area (Å²) in [5.74, 6) is 0.603. The molecule has 0 bridgehead atoms. The number of amides is 1. The molecule has 0 saturated heterocycles. The number of aromatic amines is 1. The molecule has 0 aliphatic heterocycles. The minimum atomic E-state index is -0.226. The van der Waals surface area contributed by atoms with Gasteiger partial charge in [-0.3, -0.25) is 9.78 Å². The van der Waals surface area contributed by atoms with Crippen LogP contribution >= 0.6 is 0 Å². The van der Waals surface area contributed by atoms with Gasteiger partial charge in [0.05, 0.1) is 6.20 Å². The van der Waals surface area contributed by atoms with Crippen molar-refractivity contribution in [2.75, 3.05) is 6.54 Å². The third kappa shape index (κ3) is 3.35. The van der Waals surface area contributed by atoms with Crippen molar-refractivity contribution in [3.8, 4) is 11.4 Å². The predicted molar refractivity (Wildman–Crippen MR) is 82.1 cm³/mol. The summed E-state index contributed by atoms with van der Waals surface area (Å²) in [6.45, 7) is 0.506. The van der Waals surface area contributed by atoms with Crippen LogP contribution in [0.4, 0.5) is 0 Å². The molecule has 6 heteroatoms. The van der Waals surface area contributed by atoms with Gasteiger partial charge in [-0.2, -0.15) is 0 Å². The number of hydrogen-bond acceptors (Lipinski definition) is 4. The molecule has 1 aromatic carbocycles. The van der Waals surface area contributed by atoms with E-state index in [0.717, 1.165) is 17.1 Å². The standard InChI is InChI=1S/C16H15N5O/c22-16(14-11-17-8-9-18-14)19-7-6-13-10-20-15(21-13)12-4-2-1-3-5-12/h1-5,8-11H,6-7H2,(H,19,22)(H,20,21). The van der Waals surface area contributed by atoms with Crippen LogP contribution in [0.25, 0.3) is 11.4 Å². The molecule has 0 atom stereocenters. The first kappa shape index (κ1) is 13.9. The summed E-state index contributed by atoms with van der Waals surface area (Å²) >= 11 is 0. The fraction of sp³-hybridized carbons (Fsp3) is 0.125. The number of carbonyl (C=O) groups excluding carboxylic acids is 1. The highest BCUT2D eigenvalue weighted by Crippen LogP contribution is 2.14. The van der Waals surface area contributed by atoms with Crippen LogP contribution in [-0.4, -0.2) is 32.4 Å². The number of carbonyl (C=O) groups is 1. The highest BCUT2D eigenvalue weighted by molar-refractivity contribution is 5.91. The smallest absolute Gasteiger partial charge is 0.271 e. The molecule has 0 saturated carbocycles. The van der Waals surface area contributed by atoms with Gasteiger partial charge in [0.25, 0.3) is 5.91 Å². The number of hydrogen-bond donors (Lipinski definition) is 2. The Kier molecular flexibility index (Phi) is 4.20. The van der Waals surface area contributed by atoms with Gasteiger partial charge in [-0.1, -0.05) is 30.3 Å². The lowest BCUT2D eigenvalue weighted by Crippen LogP contribution is -2.26. The summed E-state index contributed by atoms with van der Waals surface area (Å²) < 4.78 is 0.